The summed E-state index contributed by atoms with van der Waals surface area (Å²) in [5, 5.41) is 19.6. The van der Waals surface area contributed by atoms with E-state index in [9.17, 15) is 10.2 Å². The van der Waals surface area contributed by atoms with Crippen LogP contribution in [0.5, 0.6) is 0 Å². The first-order valence-electron chi connectivity index (χ1n) is 12.3. The third-order valence-electron chi connectivity index (χ3n) is 5.60. The fourth-order valence-corrected chi connectivity index (χ4v) is 3.64. The van der Waals surface area contributed by atoms with Gasteiger partial charge in [0, 0.05) is 6.61 Å². The lowest BCUT2D eigenvalue weighted by molar-refractivity contribution is -0.0670. The van der Waals surface area contributed by atoms with E-state index in [1.54, 1.807) is 0 Å². The van der Waals surface area contributed by atoms with Crippen LogP contribution < -0.4 is 0 Å². The second-order valence-electron chi connectivity index (χ2n) is 8.33. The highest BCUT2D eigenvalue weighted by atomic mass is 16.5. The first-order valence-corrected chi connectivity index (χ1v) is 12.3. The molecule has 0 heterocycles. The summed E-state index contributed by atoms with van der Waals surface area (Å²) < 4.78 is 5.63. The Morgan fingerprint density at radius 3 is 1.71 bits per heavy atom. The van der Waals surface area contributed by atoms with Gasteiger partial charge >= 0.3 is 0 Å². The summed E-state index contributed by atoms with van der Waals surface area (Å²) in [5.41, 5.74) is 0. The lowest BCUT2D eigenvalue weighted by Crippen LogP contribution is -2.32. The van der Waals surface area contributed by atoms with E-state index in [0.29, 0.717) is 6.61 Å². The van der Waals surface area contributed by atoms with E-state index in [1.807, 2.05) is 6.08 Å². The molecule has 0 rings (SSSR count). The van der Waals surface area contributed by atoms with Gasteiger partial charge in [-0.1, -0.05) is 103 Å². The van der Waals surface area contributed by atoms with Crippen molar-refractivity contribution in [2.45, 2.75) is 135 Å². The van der Waals surface area contributed by atoms with Gasteiger partial charge < -0.3 is 14.9 Å². The largest absolute Gasteiger partial charge is 0.394 e. The molecule has 0 spiro atoms. The summed E-state index contributed by atoms with van der Waals surface area (Å²) in [5.74, 6) is 0. The number of hydrogen-bond donors (Lipinski definition) is 2. The molecule has 0 aromatic heterocycles. The minimum Gasteiger partial charge on any atom is -0.394 e. The maximum Gasteiger partial charge on any atom is 0.106 e. The standard InChI is InChI=1S/C25H50O3/c1-3-5-7-9-10-11-12-13-14-15-16-17-18-19-21-24(27)25(23-26)28-22-20-8-6-4-2/h4,24-27H,2-3,5-23H2,1H3/t24-,25-/m0/s1. The van der Waals surface area contributed by atoms with Crippen LogP contribution in [0.2, 0.25) is 0 Å². The van der Waals surface area contributed by atoms with E-state index >= 15 is 0 Å². The molecular formula is C25H50O3. The highest BCUT2D eigenvalue weighted by Crippen LogP contribution is 2.15. The summed E-state index contributed by atoms with van der Waals surface area (Å²) in [6.45, 7) is 6.49. The van der Waals surface area contributed by atoms with E-state index in [0.717, 1.165) is 32.1 Å². The SMILES string of the molecule is C=CCCCCO[C@@H](CO)[C@@H](O)CCCCCCCCCCCCCCCC. The fourth-order valence-electron chi connectivity index (χ4n) is 3.64. The molecule has 0 bridgehead atoms. The predicted octanol–water partition coefficient (Wildman–Crippen LogP) is 6.95. The van der Waals surface area contributed by atoms with E-state index in [-0.39, 0.29) is 6.61 Å². The molecule has 28 heavy (non-hydrogen) atoms. The number of aliphatic hydroxyl groups is 2. The van der Waals surface area contributed by atoms with Crippen molar-refractivity contribution in [3.05, 3.63) is 12.7 Å². The number of aliphatic hydroxyl groups excluding tert-OH is 2. The molecule has 2 N–H and O–H groups in total. The van der Waals surface area contributed by atoms with Crippen LogP contribution in [-0.2, 0) is 4.74 Å². The zero-order valence-electron chi connectivity index (χ0n) is 18.9. The minimum atomic E-state index is -0.540. The van der Waals surface area contributed by atoms with Gasteiger partial charge in [-0.2, -0.15) is 0 Å². The molecule has 0 amide bonds. The lowest BCUT2D eigenvalue weighted by Gasteiger charge is -2.21. The van der Waals surface area contributed by atoms with Crippen molar-refractivity contribution in [2.24, 2.45) is 0 Å². The summed E-state index contributed by atoms with van der Waals surface area (Å²) in [4.78, 5) is 0. The molecule has 0 aliphatic heterocycles. The van der Waals surface area contributed by atoms with E-state index in [1.165, 1.54) is 83.5 Å². The van der Waals surface area contributed by atoms with Crippen molar-refractivity contribution in [2.75, 3.05) is 13.2 Å². The number of unbranched alkanes of at least 4 members (excludes halogenated alkanes) is 15. The summed E-state index contributed by atoms with van der Waals surface area (Å²) in [6.07, 6.45) is 23.4. The van der Waals surface area contributed by atoms with Crippen LogP contribution in [0.15, 0.2) is 12.7 Å². The molecule has 0 aliphatic rings. The van der Waals surface area contributed by atoms with Crippen molar-refractivity contribution in [3.63, 3.8) is 0 Å². The van der Waals surface area contributed by atoms with Crippen LogP contribution in [0, 0.1) is 0 Å². The Bertz CT molecular complexity index is 306. The number of rotatable bonds is 23. The van der Waals surface area contributed by atoms with Gasteiger partial charge in [0.2, 0.25) is 0 Å². The summed E-state index contributed by atoms with van der Waals surface area (Å²) >= 11 is 0. The molecule has 0 fully saturated rings. The molecule has 0 saturated carbocycles. The highest BCUT2D eigenvalue weighted by molar-refractivity contribution is 4.69. The molecule has 2 atom stereocenters. The summed E-state index contributed by atoms with van der Waals surface area (Å²) in [6, 6.07) is 0. The van der Waals surface area contributed by atoms with Gasteiger partial charge in [0.25, 0.3) is 0 Å². The molecule has 3 nitrogen and oxygen atoms in total. The Labute approximate surface area is 176 Å². The second-order valence-corrected chi connectivity index (χ2v) is 8.33. The van der Waals surface area contributed by atoms with Gasteiger partial charge in [-0.25, -0.2) is 0 Å². The second kappa shape index (κ2) is 22.9. The minimum absolute atomic E-state index is 0.0960. The van der Waals surface area contributed by atoms with Crippen molar-refractivity contribution in [1.29, 1.82) is 0 Å². The van der Waals surface area contributed by atoms with E-state index in [2.05, 4.69) is 13.5 Å². The smallest absolute Gasteiger partial charge is 0.106 e. The Morgan fingerprint density at radius 2 is 1.25 bits per heavy atom. The topological polar surface area (TPSA) is 49.7 Å². The zero-order valence-corrected chi connectivity index (χ0v) is 18.9. The fraction of sp³-hybridized carbons (Fsp3) is 0.920. The maximum atomic E-state index is 10.2. The van der Waals surface area contributed by atoms with Crippen LogP contribution in [0.3, 0.4) is 0 Å². The van der Waals surface area contributed by atoms with Gasteiger partial charge in [-0.05, 0) is 25.7 Å². The first kappa shape index (κ1) is 27.6. The van der Waals surface area contributed by atoms with Crippen molar-refractivity contribution in [1.82, 2.24) is 0 Å². The molecule has 3 heteroatoms. The molecule has 168 valence electrons. The van der Waals surface area contributed by atoms with Gasteiger partial charge in [0.1, 0.15) is 6.10 Å². The average Bonchev–Trinajstić information content (AvgIpc) is 2.70. The number of ether oxygens (including phenoxy) is 1. The molecule has 0 aromatic carbocycles. The van der Waals surface area contributed by atoms with E-state index in [4.69, 9.17) is 4.74 Å². The van der Waals surface area contributed by atoms with Crippen molar-refractivity contribution < 1.29 is 14.9 Å². The quantitative estimate of drug-likeness (QED) is 0.145. The third-order valence-corrected chi connectivity index (χ3v) is 5.60. The zero-order chi connectivity index (χ0) is 20.7. The van der Waals surface area contributed by atoms with Crippen molar-refractivity contribution in [3.8, 4) is 0 Å². The third kappa shape index (κ3) is 19.0. The average molecular weight is 399 g/mol. The van der Waals surface area contributed by atoms with Crippen LogP contribution >= 0.6 is 0 Å². The van der Waals surface area contributed by atoms with Gasteiger partial charge in [0.15, 0.2) is 0 Å². The van der Waals surface area contributed by atoms with Gasteiger partial charge in [0.05, 0.1) is 12.7 Å². The number of hydrogen-bond acceptors (Lipinski definition) is 3. The van der Waals surface area contributed by atoms with Crippen LogP contribution in [0.4, 0.5) is 0 Å². The molecule has 0 radical (unpaired) electrons. The molecule has 0 saturated heterocycles. The molecule has 0 unspecified atom stereocenters. The molecular weight excluding hydrogens is 348 g/mol. The highest BCUT2D eigenvalue weighted by Gasteiger charge is 2.18. The molecule has 0 aromatic rings. The Balaban J connectivity index is 3.38. The predicted molar refractivity (Wildman–Crippen MR) is 122 cm³/mol. The Hall–Kier alpha value is -0.380. The van der Waals surface area contributed by atoms with Gasteiger partial charge in [-0.15, -0.1) is 6.58 Å². The first-order chi connectivity index (χ1) is 13.8. The van der Waals surface area contributed by atoms with E-state index < -0.39 is 12.2 Å². The number of allylic oxidation sites excluding steroid dienone is 1. The van der Waals surface area contributed by atoms with Crippen LogP contribution in [0.1, 0.15) is 122 Å². The van der Waals surface area contributed by atoms with Gasteiger partial charge in [-0.3, -0.25) is 0 Å². The van der Waals surface area contributed by atoms with Crippen LogP contribution in [0.25, 0.3) is 0 Å². The normalized spacial score (nSPS) is 13.5. The maximum absolute atomic E-state index is 10.2. The molecule has 0 aliphatic carbocycles. The monoisotopic (exact) mass is 398 g/mol. The lowest BCUT2D eigenvalue weighted by atomic mass is 10.0. The summed E-state index contributed by atoms with van der Waals surface area (Å²) in [7, 11) is 0. The van der Waals surface area contributed by atoms with Crippen molar-refractivity contribution >= 4 is 0 Å². The Kier molecular flexibility index (Phi) is 22.6. The van der Waals surface area contributed by atoms with Crippen LogP contribution in [-0.4, -0.2) is 35.6 Å². The Morgan fingerprint density at radius 1 is 0.750 bits per heavy atom.